The number of carbonyl (C=O) groups excluding carboxylic acids is 1. The molecule has 31 heavy (non-hydrogen) atoms. The fourth-order valence-electron chi connectivity index (χ4n) is 3.83. The van der Waals surface area contributed by atoms with E-state index in [1.54, 1.807) is 17.0 Å². The number of likely N-dealkylation sites (tertiary alicyclic amines) is 1. The number of alkyl halides is 2. The Bertz CT molecular complexity index is 830. The number of aliphatic hydroxyl groups is 1. The van der Waals surface area contributed by atoms with Crippen LogP contribution in [0.25, 0.3) is 0 Å². The fraction of sp³-hybridized carbons (Fsp3) is 0.545. The van der Waals surface area contributed by atoms with E-state index in [0.29, 0.717) is 25.2 Å². The number of aliphatic hydroxyl groups excluding tert-OH is 1. The second-order valence-electron chi connectivity index (χ2n) is 7.86. The minimum absolute atomic E-state index is 0.0389. The quantitative estimate of drug-likeness (QED) is 0.418. The Morgan fingerprint density at radius 1 is 1.23 bits per heavy atom. The molecular weight excluding hydrogens is 404 g/mol. The summed E-state index contributed by atoms with van der Waals surface area (Å²) in [5.74, 6) is -2.65. The number of carbonyl (C=O) groups is 1. The first-order valence-electron chi connectivity index (χ1n) is 10.8. The number of tetrazole rings is 1. The van der Waals surface area contributed by atoms with Gasteiger partial charge in [-0.3, -0.25) is 4.79 Å². The minimum Gasteiger partial charge on any atom is -0.382 e. The molecule has 0 bridgehead atoms. The van der Waals surface area contributed by atoms with Crippen LogP contribution in [0, 0.1) is 0 Å². The van der Waals surface area contributed by atoms with Crippen LogP contribution >= 0.6 is 0 Å². The first-order valence-corrected chi connectivity index (χ1v) is 10.8. The highest BCUT2D eigenvalue weighted by Gasteiger charge is 2.39. The zero-order chi connectivity index (χ0) is 22.1. The third-order valence-electron chi connectivity index (χ3n) is 5.60. The van der Waals surface area contributed by atoms with Gasteiger partial charge in [0, 0.05) is 24.9 Å². The zero-order valence-electron chi connectivity index (χ0n) is 17.5. The highest BCUT2D eigenvalue weighted by Crippen LogP contribution is 2.32. The molecule has 0 aliphatic carbocycles. The van der Waals surface area contributed by atoms with Crippen LogP contribution < -0.4 is 0 Å². The topological polar surface area (TPSA) is 95.0 Å². The third-order valence-corrected chi connectivity index (χ3v) is 5.60. The molecule has 2 heterocycles. The van der Waals surface area contributed by atoms with Crippen molar-refractivity contribution in [2.75, 3.05) is 6.54 Å². The van der Waals surface area contributed by atoms with Crippen LogP contribution in [0.15, 0.2) is 42.5 Å². The third kappa shape index (κ3) is 6.40. The Labute approximate surface area is 180 Å². The maximum Gasteiger partial charge on any atom is 0.302 e. The molecule has 168 valence electrons. The van der Waals surface area contributed by atoms with Gasteiger partial charge >= 0.3 is 5.92 Å². The van der Waals surface area contributed by atoms with Crippen molar-refractivity contribution in [2.45, 2.75) is 69.4 Å². The van der Waals surface area contributed by atoms with Crippen molar-refractivity contribution in [3.63, 3.8) is 0 Å². The molecule has 2 N–H and O–H groups in total. The Hall–Kier alpha value is -2.68. The molecule has 7 nitrogen and oxygen atoms in total. The van der Waals surface area contributed by atoms with Crippen molar-refractivity contribution in [3.8, 4) is 0 Å². The van der Waals surface area contributed by atoms with E-state index in [1.807, 2.05) is 0 Å². The molecule has 0 saturated carbocycles. The molecule has 2 aromatic rings. The number of aryl methyl sites for hydroxylation is 1. The molecular formula is C22H29F2N5O2. The number of aromatic nitrogens is 4. The van der Waals surface area contributed by atoms with Crippen LogP contribution in [0.2, 0.25) is 0 Å². The molecule has 1 aliphatic rings. The molecule has 0 unspecified atom stereocenters. The smallest absolute Gasteiger partial charge is 0.302 e. The molecule has 2 atom stereocenters. The number of aromatic amines is 1. The van der Waals surface area contributed by atoms with Gasteiger partial charge in [0.25, 0.3) is 0 Å². The molecule has 1 aliphatic heterocycles. The van der Waals surface area contributed by atoms with Crippen LogP contribution in [-0.4, -0.2) is 55.2 Å². The average molecular weight is 434 g/mol. The van der Waals surface area contributed by atoms with E-state index in [0.717, 1.165) is 44.6 Å². The normalized spacial score (nSPS) is 18.6. The predicted molar refractivity (Wildman–Crippen MR) is 111 cm³/mol. The first-order chi connectivity index (χ1) is 15.0. The lowest BCUT2D eigenvalue weighted by molar-refractivity contribution is -0.135. The number of nitrogens with one attached hydrogen (secondary N) is 1. The van der Waals surface area contributed by atoms with E-state index in [2.05, 4.69) is 20.6 Å². The van der Waals surface area contributed by atoms with Crippen molar-refractivity contribution < 1.29 is 18.7 Å². The van der Waals surface area contributed by atoms with Gasteiger partial charge in [-0.25, -0.2) is 0 Å². The van der Waals surface area contributed by atoms with E-state index in [-0.39, 0.29) is 17.5 Å². The summed E-state index contributed by atoms with van der Waals surface area (Å²) in [5, 5.41) is 23.9. The predicted octanol–water partition coefficient (Wildman–Crippen LogP) is 3.39. The maximum absolute atomic E-state index is 14.5. The van der Waals surface area contributed by atoms with Gasteiger partial charge in [-0.2, -0.15) is 14.0 Å². The number of H-pyrrole nitrogens is 1. The van der Waals surface area contributed by atoms with Crippen molar-refractivity contribution in [1.82, 2.24) is 25.5 Å². The second-order valence-corrected chi connectivity index (χ2v) is 7.86. The number of nitrogens with zero attached hydrogens (tertiary/aromatic N) is 4. The van der Waals surface area contributed by atoms with Crippen LogP contribution in [0.3, 0.4) is 0 Å². The van der Waals surface area contributed by atoms with Gasteiger partial charge in [-0.1, -0.05) is 60.5 Å². The summed E-state index contributed by atoms with van der Waals surface area (Å²) in [7, 11) is 0. The molecule has 9 heteroatoms. The highest BCUT2D eigenvalue weighted by atomic mass is 19.3. The summed E-state index contributed by atoms with van der Waals surface area (Å²) >= 11 is 0. The number of halogens is 2. The molecule has 1 saturated heterocycles. The largest absolute Gasteiger partial charge is 0.382 e. The summed E-state index contributed by atoms with van der Waals surface area (Å²) in [6.07, 6.45) is 7.14. The molecule has 1 amide bonds. The number of benzene rings is 1. The summed E-state index contributed by atoms with van der Waals surface area (Å²) in [6.45, 7) is 0.585. The molecule has 1 aromatic heterocycles. The Morgan fingerprint density at radius 2 is 2.00 bits per heavy atom. The molecule has 1 aromatic carbocycles. The molecule has 0 radical (unpaired) electrons. The number of rotatable bonds is 11. The van der Waals surface area contributed by atoms with Crippen molar-refractivity contribution in [2.24, 2.45) is 0 Å². The Balaban J connectivity index is 1.49. The SMILES string of the molecule is O=C1CCC[C@H](C=C[C@@H](O)C(F)(F)c2ccccc2)N1CCCCCCc1nn[nH]n1. The number of unbranched alkanes of at least 4 members (excludes halogenated alkanes) is 3. The minimum atomic E-state index is -3.39. The van der Waals surface area contributed by atoms with Gasteiger partial charge in [-0.05, 0) is 25.7 Å². The fourth-order valence-corrected chi connectivity index (χ4v) is 3.83. The van der Waals surface area contributed by atoms with Gasteiger partial charge in [0.2, 0.25) is 5.91 Å². The van der Waals surface area contributed by atoms with Crippen molar-refractivity contribution >= 4 is 5.91 Å². The molecule has 0 spiro atoms. The van der Waals surface area contributed by atoms with Crippen molar-refractivity contribution in [3.05, 3.63) is 53.9 Å². The van der Waals surface area contributed by atoms with Gasteiger partial charge in [0.15, 0.2) is 5.82 Å². The monoisotopic (exact) mass is 433 g/mol. The van der Waals surface area contributed by atoms with E-state index in [9.17, 15) is 18.7 Å². The van der Waals surface area contributed by atoms with Crippen LogP contribution in [0.1, 0.15) is 56.3 Å². The van der Waals surface area contributed by atoms with Gasteiger partial charge in [0.1, 0.15) is 6.10 Å². The van der Waals surface area contributed by atoms with E-state index >= 15 is 0 Å². The highest BCUT2D eigenvalue weighted by molar-refractivity contribution is 5.77. The zero-order valence-corrected chi connectivity index (χ0v) is 17.5. The number of piperidine rings is 1. The van der Waals surface area contributed by atoms with Crippen LogP contribution in [-0.2, 0) is 17.1 Å². The van der Waals surface area contributed by atoms with E-state index in [4.69, 9.17) is 0 Å². The summed E-state index contributed by atoms with van der Waals surface area (Å²) in [5.41, 5.74) is -0.232. The number of hydrogen-bond donors (Lipinski definition) is 2. The van der Waals surface area contributed by atoms with Gasteiger partial charge in [-0.15, -0.1) is 10.2 Å². The lowest BCUT2D eigenvalue weighted by Crippen LogP contribution is -2.43. The van der Waals surface area contributed by atoms with Crippen LogP contribution in [0.5, 0.6) is 0 Å². The van der Waals surface area contributed by atoms with Crippen molar-refractivity contribution in [1.29, 1.82) is 0 Å². The number of amides is 1. The maximum atomic E-state index is 14.5. The van der Waals surface area contributed by atoms with E-state index < -0.39 is 12.0 Å². The van der Waals surface area contributed by atoms with Gasteiger partial charge < -0.3 is 10.0 Å². The summed E-state index contributed by atoms with van der Waals surface area (Å²) in [6, 6.07) is 7.02. The standard InChI is InChI=1S/C22H29F2N5O2/c23-22(24,17-9-4-3-5-10-17)19(30)15-14-18-11-8-13-21(31)29(18)16-7-2-1-6-12-20-25-27-28-26-20/h3-5,9-10,14-15,18-19,30H,1-2,6-8,11-13,16H2,(H,25,26,27,28)/t18-,19-/m1/s1. The lowest BCUT2D eigenvalue weighted by atomic mass is 9.98. The number of hydrogen-bond acceptors (Lipinski definition) is 5. The lowest BCUT2D eigenvalue weighted by Gasteiger charge is -2.34. The van der Waals surface area contributed by atoms with Gasteiger partial charge in [0.05, 0.1) is 6.04 Å². The van der Waals surface area contributed by atoms with Crippen LogP contribution in [0.4, 0.5) is 8.78 Å². The molecule has 3 rings (SSSR count). The first kappa shape index (κ1) is 23.0. The second kappa shape index (κ2) is 11.1. The summed E-state index contributed by atoms with van der Waals surface area (Å²) < 4.78 is 29.0. The summed E-state index contributed by atoms with van der Waals surface area (Å²) in [4.78, 5) is 14.2. The molecule has 1 fully saturated rings. The Kier molecular flexibility index (Phi) is 8.22. The van der Waals surface area contributed by atoms with E-state index in [1.165, 1.54) is 24.3 Å². The average Bonchev–Trinajstić information content (AvgIpc) is 3.29. The Morgan fingerprint density at radius 3 is 2.74 bits per heavy atom.